The van der Waals surface area contributed by atoms with Gasteiger partial charge in [0.2, 0.25) is 0 Å². The maximum absolute atomic E-state index is 11.9. The monoisotopic (exact) mass is 264 g/mol. The van der Waals surface area contributed by atoms with Gasteiger partial charge in [-0.1, -0.05) is 0 Å². The molecule has 1 saturated carbocycles. The molecule has 0 spiro atoms. The van der Waals surface area contributed by atoms with Crippen LogP contribution in [0.25, 0.3) is 0 Å². The van der Waals surface area contributed by atoms with Crippen LogP contribution in [0.15, 0.2) is 0 Å². The van der Waals surface area contributed by atoms with E-state index < -0.39 is 28.1 Å². The summed E-state index contributed by atoms with van der Waals surface area (Å²) in [7, 11) is -2.22. The molecule has 17 heavy (non-hydrogen) atoms. The van der Waals surface area contributed by atoms with E-state index in [0.717, 1.165) is 17.1 Å². The molecule has 1 heterocycles. The molecule has 98 valence electrons. The molecule has 2 rings (SSSR count). The molecule has 2 atom stereocenters. The van der Waals surface area contributed by atoms with Crippen LogP contribution in [0, 0.1) is 5.92 Å². The fourth-order valence-electron chi connectivity index (χ4n) is 1.81. The van der Waals surface area contributed by atoms with Crippen LogP contribution in [0.1, 0.15) is 12.8 Å². The van der Waals surface area contributed by atoms with Gasteiger partial charge < -0.3 is 9.84 Å². The zero-order valence-corrected chi connectivity index (χ0v) is 10.3. The van der Waals surface area contributed by atoms with Crippen molar-refractivity contribution in [2.24, 2.45) is 5.92 Å². The molecule has 2 fully saturated rings. The SMILES string of the molecule is CN(C1COCC1C(=O)O)S(=O)(=O)NC1CC1. The van der Waals surface area contributed by atoms with Gasteiger partial charge in [-0.05, 0) is 12.8 Å². The maximum Gasteiger partial charge on any atom is 0.310 e. The van der Waals surface area contributed by atoms with Crippen LogP contribution in [0.5, 0.6) is 0 Å². The second kappa shape index (κ2) is 4.52. The highest BCUT2D eigenvalue weighted by atomic mass is 32.2. The lowest BCUT2D eigenvalue weighted by atomic mass is 10.1. The Labute approximate surface area is 99.9 Å². The Kier molecular flexibility index (Phi) is 3.39. The van der Waals surface area contributed by atoms with E-state index in [4.69, 9.17) is 9.84 Å². The van der Waals surface area contributed by atoms with Crippen molar-refractivity contribution in [2.45, 2.75) is 24.9 Å². The molecule has 1 aliphatic carbocycles. The lowest BCUT2D eigenvalue weighted by Crippen LogP contribution is -2.49. The molecule has 1 saturated heterocycles. The van der Waals surface area contributed by atoms with Crippen molar-refractivity contribution in [1.82, 2.24) is 9.03 Å². The fraction of sp³-hybridized carbons (Fsp3) is 0.889. The first kappa shape index (κ1) is 12.7. The van der Waals surface area contributed by atoms with Gasteiger partial charge in [-0.25, -0.2) is 0 Å². The average molecular weight is 264 g/mol. The van der Waals surface area contributed by atoms with Gasteiger partial charge in [-0.2, -0.15) is 17.4 Å². The highest BCUT2D eigenvalue weighted by molar-refractivity contribution is 7.87. The van der Waals surface area contributed by atoms with Crippen molar-refractivity contribution in [1.29, 1.82) is 0 Å². The third-order valence-electron chi connectivity index (χ3n) is 3.11. The Hall–Kier alpha value is -0.700. The van der Waals surface area contributed by atoms with Crippen molar-refractivity contribution in [3.05, 3.63) is 0 Å². The molecule has 7 nitrogen and oxygen atoms in total. The Bertz CT molecular complexity index is 406. The minimum atomic E-state index is -3.61. The predicted molar refractivity (Wildman–Crippen MR) is 58.6 cm³/mol. The molecular formula is C9H16N2O5S. The normalized spacial score (nSPS) is 29.8. The molecule has 2 N–H and O–H groups in total. The first-order chi connectivity index (χ1) is 7.92. The Morgan fingerprint density at radius 1 is 1.41 bits per heavy atom. The van der Waals surface area contributed by atoms with Crippen LogP contribution in [-0.4, -0.2) is 56.1 Å². The number of likely N-dealkylation sites (N-methyl/N-ethyl adjacent to an activating group) is 1. The van der Waals surface area contributed by atoms with E-state index in [-0.39, 0.29) is 19.3 Å². The summed E-state index contributed by atoms with van der Waals surface area (Å²) in [6.45, 7) is 0.183. The number of nitrogens with zero attached hydrogens (tertiary/aromatic N) is 1. The number of hydrogen-bond donors (Lipinski definition) is 2. The van der Waals surface area contributed by atoms with E-state index >= 15 is 0 Å². The quantitative estimate of drug-likeness (QED) is 0.665. The zero-order valence-electron chi connectivity index (χ0n) is 9.50. The number of nitrogens with one attached hydrogen (secondary N) is 1. The van der Waals surface area contributed by atoms with Gasteiger partial charge in [0.1, 0.15) is 0 Å². The van der Waals surface area contributed by atoms with Crippen LogP contribution in [-0.2, 0) is 19.7 Å². The fourth-order valence-corrected chi connectivity index (χ4v) is 3.20. The summed E-state index contributed by atoms with van der Waals surface area (Å²) in [5, 5.41) is 8.97. The van der Waals surface area contributed by atoms with Crippen LogP contribution in [0.3, 0.4) is 0 Å². The molecule has 8 heteroatoms. The van der Waals surface area contributed by atoms with Crippen LogP contribution >= 0.6 is 0 Å². The van der Waals surface area contributed by atoms with Crippen LogP contribution < -0.4 is 4.72 Å². The van der Waals surface area contributed by atoms with E-state index in [9.17, 15) is 13.2 Å². The summed E-state index contributed by atoms with van der Waals surface area (Å²) in [5.74, 6) is -1.82. The molecule has 0 aromatic heterocycles. The van der Waals surface area contributed by atoms with Gasteiger partial charge in [0.15, 0.2) is 0 Å². The van der Waals surface area contributed by atoms with Gasteiger partial charge in [0.25, 0.3) is 10.2 Å². The minimum absolute atomic E-state index is 0.00745. The first-order valence-corrected chi connectivity index (χ1v) is 6.91. The number of aliphatic carboxylic acids is 1. The Morgan fingerprint density at radius 3 is 2.59 bits per heavy atom. The smallest absolute Gasteiger partial charge is 0.310 e. The van der Waals surface area contributed by atoms with Crippen molar-refractivity contribution in [3.8, 4) is 0 Å². The topological polar surface area (TPSA) is 95.9 Å². The van der Waals surface area contributed by atoms with Crippen LogP contribution in [0.4, 0.5) is 0 Å². The van der Waals surface area contributed by atoms with Gasteiger partial charge >= 0.3 is 5.97 Å². The lowest BCUT2D eigenvalue weighted by molar-refractivity contribution is -0.142. The second-order valence-electron chi connectivity index (χ2n) is 4.46. The molecule has 0 aromatic rings. The van der Waals surface area contributed by atoms with Crippen molar-refractivity contribution in [2.75, 3.05) is 20.3 Å². The van der Waals surface area contributed by atoms with Crippen molar-refractivity contribution < 1.29 is 23.1 Å². The number of rotatable bonds is 5. The summed E-state index contributed by atoms with van der Waals surface area (Å²) in [5.41, 5.74) is 0. The third kappa shape index (κ3) is 2.76. The average Bonchev–Trinajstić information content (AvgIpc) is 2.90. The Morgan fingerprint density at radius 2 is 2.06 bits per heavy atom. The van der Waals surface area contributed by atoms with E-state index in [0.29, 0.717) is 0 Å². The third-order valence-corrected chi connectivity index (χ3v) is 4.77. The summed E-state index contributed by atoms with van der Waals surface area (Å²) in [6, 6.07) is -0.628. The molecule has 2 aliphatic rings. The number of hydrogen-bond acceptors (Lipinski definition) is 4. The number of carboxylic acid groups (broad SMARTS) is 1. The van der Waals surface area contributed by atoms with E-state index in [1.165, 1.54) is 7.05 Å². The lowest BCUT2D eigenvalue weighted by Gasteiger charge is -2.25. The molecule has 2 unspecified atom stereocenters. The second-order valence-corrected chi connectivity index (χ2v) is 6.22. The van der Waals surface area contributed by atoms with E-state index in [1.54, 1.807) is 0 Å². The molecule has 0 amide bonds. The minimum Gasteiger partial charge on any atom is -0.481 e. The number of carbonyl (C=O) groups is 1. The van der Waals surface area contributed by atoms with Gasteiger partial charge in [0.05, 0.1) is 25.2 Å². The molecule has 1 aliphatic heterocycles. The summed E-state index contributed by atoms with van der Waals surface area (Å²) < 4.78 is 32.5. The van der Waals surface area contributed by atoms with Crippen molar-refractivity contribution in [3.63, 3.8) is 0 Å². The van der Waals surface area contributed by atoms with Crippen molar-refractivity contribution >= 4 is 16.2 Å². The zero-order chi connectivity index (χ0) is 12.6. The highest BCUT2D eigenvalue weighted by Gasteiger charge is 2.42. The van der Waals surface area contributed by atoms with Gasteiger partial charge in [0, 0.05) is 13.1 Å². The molecule has 0 aromatic carbocycles. The van der Waals surface area contributed by atoms with E-state index in [2.05, 4.69) is 4.72 Å². The summed E-state index contributed by atoms with van der Waals surface area (Å²) in [6.07, 6.45) is 1.69. The largest absolute Gasteiger partial charge is 0.481 e. The Balaban J connectivity index is 2.07. The number of ether oxygens (including phenoxy) is 1. The van der Waals surface area contributed by atoms with Gasteiger partial charge in [-0.15, -0.1) is 0 Å². The van der Waals surface area contributed by atoms with E-state index in [1.807, 2.05) is 0 Å². The van der Waals surface area contributed by atoms with Gasteiger partial charge in [-0.3, -0.25) is 4.79 Å². The summed E-state index contributed by atoms with van der Waals surface area (Å²) >= 11 is 0. The molecular weight excluding hydrogens is 248 g/mol. The molecule has 0 bridgehead atoms. The van der Waals surface area contributed by atoms with Crippen LogP contribution in [0.2, 0.25) is 0 Å². The molecule has 0 radical (unpaired) electrons. The number of carboxylic acids is 1. The highest BCUT2D eigenvalue weighted by Crippen LogP contribution is 2.24. The maximum atomic E-state index is 11.9. The standard InChI is InChI=1S/C9H16N2O5S/c1-11(17(14,15)10-6-2-3-6)8-5-16-4-7(8)9(12)13/h6-8,10H,2-5H2,1H3,(H,12,13). The first-order valence-electron chi connectivity index (χ1n) is 5.47. The summed E-state index contributed by atoms with van der Waals surface area (Å²) in [4.78, 5) is 11.0. The predicted octanol–water partition coefficient (Wildman–Crippen LogP) is -0.985.